The third-order valence-electron chi connectivity index (χ3n) is 3.62. The Kier molecular flexibility index (Phi) is 4.31. The first-order valence-electron chi connectivity index (χ1n) is 6.60. The fraction of sp³-hybridized carbons (Fsp3) is 0.692. The lowest BCUT2D eigenvalue weighted by atomic mass is 9.98. The van der Waals surface area contributed by atoms with Crippen molar-refractivity contribution in [3.8, 4) is 0 Å². The van der Waals surface area contributed by atoms with Crippen molar-refractivity contribution in [3.63, 3.8) is 0 Å². The SMILES string of the molecule is CCC1CCCN(c2nccc(CN)n2)CC1. The summed E-state index contributed by atoms with van der Waals surface area (Å²) < 4.78 is 0. The van der Waals surface area contributed by atoms with Gasteiger partial charge < -0.3 is 10.6 Å². The van der Waals surface area contributed by atoms with Gasteiger partial charge in [0.1, 0.15) is 0 Å². The van der Waals surface area contributed by atoms with Gasteiger partial charge >= 0.3 is 0 Å². The van der Waals surface area contributed by atoms with Crippen LogP contribution in [0, 0.1) is 5.92 Å². The Morgan fingerprint density at radius 2 is 2.29 bits per heavy atom. The quantitative estimate of drug-likeness (QED) is 0.868. The molecule has 1 aliphatic rings. The molecule has 0 spiro atoms. The zero-order chi connectivity index (χ0) is 12.1. The van der Waals surface area contributed by atoms with Gasteiger partial charge in [0.2, 0.25) is 5.95 Å². The van der Waals surface area contributed by atoms with Crippen molar-refractivity contribution >= 4 is 5.95 Å². The summed E-state index contributed by atoms with van der Waals surface area (Å²) >= 11 is 0. The molecule has 1 aliphatic heterocycles. The zero-order valence-electron chi connectivity index (χ0n) is 10.6. The molecule has 17 heavy (non-hydrogen) atoms. The number of anilines is 1. The van der Waals surface area contributed by atoms with E-state index in [2.05, 4.69) is 21.8 Å². The van der Waals surface area contributed by atoms with Gasteiger partial charge in [-0.3, -0.25) is 0 Å². The predicted molar refractivity (Wildman–Crippen MR) is 69.8 cm³/mol. The van der Waals surface area contributed by atoms with E-state index in [0.29, 0.717) is 6.54 Å². The van der Waals surface area contributed by atoms with E-state index in [9.17, 15) is 0 Å². The minimum atomic E-state index is 0.487. The first kappa shape index (κ1) is 12.3. The van der Waals surface area contributed by atoms with Crippen LogP contribution in [-0.4, -0.2) is 23.1 Å². The maximum atomic E-state index is 5.61. The van der Waals surface area contributed by atoms with Crippen molar-refractivity contribution in [3.05, 3.63) is 18.0 Å². The molecule has 0 bridgehead atoms. The van der Waals surface area contributed by atoms with E-state index in [1.807, 2.05) is 12.3 Å². The lowest BCUT2D eigenvalue weighted by molar-refractivity contribution is 0.459. The van der Waals surface area contributed by atoms with Crippen LogP contribution in [0.15, 0.2) is 12.3 Å². The molecular weight excluding hydrogens is 212 g/mol. The van der Waals surface area contributed by atoms with Crippen molar-refractivity contribution in [2.24, 2.45) is 11.7 Å². The Balaban J connectivity index is 2.05. The fourth-order valence-electron chi connectivity index (χ4n) is 2.42. The smallest absolute Gasteiger partial charge is 0.225 e. The second-order valence-electron chi connectivity index (χ2n) is 4.74. The van der Waals surface area contributed by atoms with Gasteiger partial charge in [-0.25, -0.2) is 9.97 Å². The first-order valence-corrected chi connectivity index (χ1v) is 6.60. The minimum absolute atomic E-state index is 0.487. The highest BCUT2D eigenvalue weighted by atomic mass is 15.2. The third-order valence-corrected chi connectivity index (χ3v) is 3.62. The summed E-state index contributed by atoms with van der Waals surface area (Å²) in [5.74, 6) is 1.72. The molecule has 0 aromatic carbocycles. The summed E-state index contributed by atoms with van der Waals surface area (Å²) in [4.78, 5) is 11.2. The van der Waals surface area contributed by atoms with Crippen molar-refractivity contribution in [1.82, 2.24) is 9.97 Å². The number of aromatic nitrogens is 2. The van der Waals surface area contributed by atoms with Gasteiger partial charge in [-0.1, -0.05) is 13.3 Å². The largest absolute Gasteiger partial charge is 0.341 e. The van der Waals surface area contributed by atoms with Crippen LogP contribution >= 0.6 is 0 Å². The van der Waals surface area contributed by atoms with Gasteiger partial charge in [0.25, 0.3) is 0 Å². The highest BCUT2D eigenvalue weighted by Gasteiger charge is 2.17. The molecule has 0 aliphatic carbocycles. The van der Waals surface area contributed by atoms with Crippen molar-refractivity contribution in [2.75, 3.05) is 18.0 Å². The summed E-state index contributed by atoms with van der Waals surface area (Å²) in [6.45, 7) is 4.92. The van der Waals surface area contributed by atoms with E-state index in [0.717, 1.165) is 30.6 Å². The Morgan fingerprint density at radius 1 is 1.41 bits per heavy atom. The molecule has 1 atom stereocenters. The average molecular weight is 234 g/mol. The van der Waals surface area contributed by atoms with Gasteiger partial charge in [-0.15, -0.1) is 0 Å². The van der Waals surface area contributed by atoms with Gasteiger partial charge in [0.15, 0.2) is 0 Å². The van der Waals surface area contributed by atoms with Gasteiger partial charge in [0.05, 0.1) is 5.69 Å². The lowest BCUT2D eigenvalue weighted by Gasteiger charge is -2.20. The van der Waals surface area contributed by atoms with Crippen molar-refractivity contribution in [1.29, 1.82) is 0 Å². The molecule has 1 aromatic heterocycles. The lowest BCUT2D eigenvalue weighted by Crippen LogP contribution is -2.26. The standard InChI is InChI=1S/C13H22N4/c1-2-11-4-3-8-17(9-6-11)13-15-7-5-12(10-14)16-13/h5,7,11H,2-4,6,8-10,14H2,1H3. The van der Waals surface area contributed by atoms with E-state index >= 15 is 0 Å². The molecule has 2 rings (SSSR count). The molecular formula is C13H22N4. The van der Waals surface area contributed by atoms with E-state index in [1.165, 1.54) is 25.7 Å². The number of nitrogens with two attached hydrogens (primary N) is 1. The van der Waals surface area contributed by atoms with Crippen LogP contribution in [0.4, 0.5) is 5.95 Å². The molecule has 0 radical (unpaired) electrons. The Morgan fingerprint density at radius 3 is 3.06 bits per heavy atom. The molecule has 4 nitrogen and oxygen atoms in total. The maximum Gasteiger partial charge on any atom is 0.225 e. The third kappa shape index (κ3) is 3.16. The van der Waals surface area contributed by atoms with Crippen LogP contribution in [0.3, 0.4) is 0 Å². The van der Waals surface area contributed by atoms with Crippen LogP contribution in [0.5, 0.6) is 0 Å². The topological polar surface area (TPSA) is 55.0 Å². The summed E-state index contributed by atoms with van der Waals surface area (Å²) in [7, 11) is 0. The first-order chi connectivity index (χ1) is 8.33. The van der Waals surface area contributed by atoms with Crippen molar-refractivity contribution < 1.29 is 0 Å². The van der Waals surface area contributed by atoms with Crippen LogP contribution in [0.25, 0.3) is 0 Å². The number of hydrogen-bond acceptors (Lipinski definition) is 4. The maximum absolute atomic E-state index is 5.61. The van der Waals surface area contributed by atoms with E-state index < -0.39 is 0 Å². The Labute approximate surface area is 103 Å². The molecule has 0 saturated carbocycles. The number of rotatable bonds is 3. The molecule has 1 saturated heterocycles. The van der Waals surface area contributed by atoms with E-state index in [4.69, 9.17) is 5.73 Å². The van der Waals surface area contributed by atoms with E-state index in [-0.39, 0.29) is 0 Å². The molecule has 1 unspecified atom stereocenters. The normalized spacial score (nSPS) is 21.3. The van der Waals surface area contributed by atoms with Crippen LogP contribution < -0.4 is 10.6 Å². The minimum Gasteiger partial charge on any atom is -0.341 e. The molecule has 4 heteroatoms. The second-order valence-corrected chi connectivity index (χ2v) is 4.74. The average Bonchev–Trinajstić information content (AvgIpc) is 2.64. The highest BCUT2D eigenvalue weighted by molar-refractivity contribution is 5.30. The van der Waals surface area contributed by atoms with Crippen LogP contribution in [0.2, 0.25) is 0 Å². The molecule has 94 valence electrons. The molecule has 1 fully saturated rings. The number of hydrogen-bond donors (Lipinski definition) is 1. The molecule has 2 N–H and O–H groups in total. The van der Waals surface area contributed by atoms with Crippen LogP contribution in [0.1, 0.15) is 38.3 Å². The van der Waals surface area contributed by atoms with Gasteiger partial charge in [-0.05, 0) is 31.2 Å². The molecule has 1 aromatic rings. The molecule has 2 heterocycles. The summed E-state index contributed by atoms with van der Waals surface area (Å²) in [5.41, 5.74) is 6.54. The predicted octanol–water partition coefficient (Wildman–Crippen LogP) is 1.95. The monoisotopic (exact) mass is 234 g/mol. The summed E-state index contributed by atoms with van der Waals surface area (Å²) in [5, 5.41) is 0. The fourth-order valence-corrected chi connectivity index (χ4v) is 2.42. The summed E-state index contributed by atoms with van der Waals surface area (Å²) in [6.07, 6.45) is 6.94. The van der Waals surface area contributed by atoms with Gasteiger partial charge in [-0.2, -0.15) is 0 Å². The zero-order valence-corrected chi connectivity index (χ0v) is 10.6. The number of nitrogens with zero attached hydrogens (tertiary/aromatic N) is 3. The van der Waals surface area contributed by atoms with E-state index in [1.54, 1.807) is 0 Å². The second kappa shape index (κ2) is 5.96. The van der Waals surface area contributed by atoms with Crippen LogP contribution in [-0.2, 0) is 6.54 Å². The Hall–Kier alpha value is -1.16. The van der Waals surface area contributed by atoms with Gasteiger partial charge in [0, 0.05) is 25.8 Å². The molecule has 0 amide bonds. The summed E-state index contributed by atoms with van der Waals surface area (Å²) in [6, 6.07) is 1.89. The highest BCUT2D eigenvalue weighted by Crippen LogP contribution is 2.22. The van der Waals surface area contributed by atoms with Crippen molar-refractivity contribution in [2.45, 2.75) is 39.2 Å². The Bertz CT molecular complexity index is 353.